The molecule has 138 valence electrons. The number of piperidine rings is 1. The molecule has 0 unspecified atom stereocenters. The summed E-state index contributed by atoms with van der Waals surface area (Å²) in [5.41, 5.74) is 2.61. The highest BCUT2D eigenvalue weighted by Gasteiger charge is 2.28. The van der Waals surface area contributed by atoms with Crippen LogP contribution in [0.25, 0.3) is 0 Å². The predicted molar refractivity (Wildman–Crippen MR) is 94.8 cm³/mol. The van der Waals surface area contributed by atoms with Gasteiger partial charge in [0.15, 0.2) is 0 Å². The average molecular weight is 348 g/mol. The number of carbonyl (C=O) groups excluding carboxylic acids is 2. The van der Waals surface area contributed by atoms with E-state index in [1.165, 1.54) is 7.11 Å². The van der Waals surface area contributed by atoms with Gasteiger partial charge in [-0.15, -0.1) is 0 Å². The molecule has 6 nitrogen and oxygen atoms in total. The molecular formula is C19H28N2O4. The Morgan fingerprint density at radius 1 is 1.20 bits per heavy atom. The molecule has 25 heavy (non-hydrogen) atoms. The molecule has 1 aromatic rings. The van der Waals surface area contributed by atoms with Crippen LogP contribution in [-0.4, -0.2) is 47.7 Å². The minimum Gasteiger partial charge on any atom is -0.465 e. The fraction of sp³-hybridized carbons (Fsp3) is 0.632. The summed E-state index contributed by atoms with van der Waals surface area (Å²) in [5, 5.41) is 0. The van der Waals surface area contributed by atoms with Gasteiger partial charge in [-0.1, -0.05) is 0 Å². The van der Waals surface area contributed by atoms with Crippen molar-refractivity contribution in [3.05, 3.63) is 28.6 Å². The lowest BCUT2D eigenvalue weighted by molar-refractivity contribution is 0.0203. The van der Waals surface area contributed by atoms with E-state index in [0.29, 0.717) is 24.3 Å². The van der Waals surface area contributed by atoms with Gasteiger partial charge in [-0.2, -0.15) is 0 Å². The highest BCUT2D eigenvalue weighted by atomic mass is 16.6. The van der Waals surface area contributed by atoms with E-state index in [1.807, 2.05) is 40.7 Å². The summed E-state index contributed by atoms with van der Waals surface area (Å²) >= 11 is 0. The van der Waals surface area contributed by atoms with Gasteiger partial charge >= 0.3 is 12.1 Å². The van der Waals surface area contributed by atoms with Gasteiger partial charge in [0.25, 0.3) is 0 Å². The van der Waals surface area contributed by atoms with Crippen LogP contribution in [-0.2, 0) is 9.47 Å². The van der Waals surface area contributed by atoms with Crippen LogP contribution in [0.2, 0.25) is 0 Å². The van der Waals surface area contributed by atoms with Gasteiger partial charge in [0, 0.05) is 24.7 Å². The number of aromatic nitrogens is 1. The lowest BCUT2D eigenvalue weighted by Gasteiger charge is -2.33. The summed E-state index contributed by atoms with van der Waals surface area (Å²) in [4.78, 5) is 30.4. The normalized spacial score (nSPS) is 15.8. The maximum Gasteiger partial charge on any atom is 0.410 e. The van der Waals surface area contributed by atoms with Gasteiger partial charge < -0.3 is 14.4 Å². The summed E-state index contributed by atoms with van der Waals surface area (Å²) in [7, 11) is 1.38. The van der Waals surface area contributed by atoms with Crippen LogP contribution in [0.3, 0.4) is 0 Å². The van der Waals surface area contributed by atoms with E-state index < -0.39 is 5.60 Å². The maximum atomic E-state index is 12.2. The number of aryl methyl sites for hydroxylation is 2. The number of nitrogens with zero attached hydrogens (tertiary/aromatic N) is 2. The van der Waals surface area contributed by atoms with Gasteiger partial charge in [0.1, 0.15) is 5.60 Å². The van der Waals surface area contributed by atoms with Crippen molar-refractivity contribution in [1.29, 1.82) is 0 Å². The summed E-state index contributed by atoms with van der Waals surface area (Å²) < 4.78 is 10.3. The summed E-state index contributed by atoms with van der Waals surface area (Å²) in [6.45, 7) is 10.6. The highest BCUT2D eigenvalue weighted by Crippen LogP contribution is 2.29. The third-order valence-corrected chi connectivity index (χ3v) is 4.37. The van der Waals surface area contributed by atoms with Crippen LogP contribution in [0.1, 0.15) is 66.8 Å². The van der Waals surface area contributed by atoms with E-state index in [1.54, 1.807) is 4.90 Å². The van der Waals surface area contributed by atoms with Gasteiger partial charge in [-0.3, -0.25) is 4.98 Å². The predicted octanol–water partition coefficient (Wildman–Crippen LogP) is 3.60. The second-order valence-electron chi connectivity index (χ2n) is 7.56. The molecule has 2 heterocycles. The van der Waals surface area contributed by atoms with E-state index in [-0.39, 0.29) is 18.0 Å². The van der Waals surface area contributed by atoms with Gasteiger partial charge in [0.2, 0.25) is 0 Å². The number of hydrogen-bond acceptors (Lipinski definition) is 5. The fourth-order valence-electron chi connectivity index (χ4n) is 3.17. The number of rotatable bonds is 2. The molecule has 0 saturated carbocycles. The van der Waals surface area contributed by atoms with Crippen molar-refractivity contribution in [2.45, 2.75) is 59.0 Å². The van der Waals surface area contributed by atoms with Crippen molar-refractivity contribution in [2.24, 2.45) is 0 Å². The van der Waals surface area contributed by atoms with Crippen LogP contribution in [0.15, 0.2) is 6.07 Å². The van der Waals surface area contributed by atoms with Crippen LogP contribution in [0, 0.1) is 13.8 Å². The van der Waals surface area contributed by atoms with E-state index in [9.17, 15) is 9.59 Å². The standard InChI is InChI=1S/C19H28N2O4/c1-12-11-15(20-13(2)16(12)17(22)24-6)14-7-9-21(10-8-14)18(23)25-19(3,4)5/h11,14H,7-10H2,1-6H3. The first kappa shape index (κ1) is 19.2. The van der Waals surface area contributed by atoms with Crippen LogP contribution in [0.4, 0.5) is 4.79 Å². The quantitative estimate of drug-likeness (QED) is 0.764. The third-order valence-electron chi connectivity index (χ3n) is 4.37. The van der Waals surface area contributed by atoms with E-state index in [0.717, 1.165) is 24.1 Å². The Balaban J connectivity index is 2.06. The first-order chi connectivity index (χ1) is 11.6. The summed E-state index contributed by atoms with van der Waals surface area (Å²) in [5.74, 6) is -0.0726. The summed E-state index contributed by atoms with van der Waals surface area (Å²) in [6.07, 6.45) is 1.41. The Kier molecular flexibility index (Phi) is 5.70. The highest BCUT2D eigenvalue weighted by molar-refractivity contribution is 5.92. The molecule has 1 aromatic heterocycles. The molecule has 0 N–H and O–H groups in total. The minimum atomic E-state index is -0.479. The largest absolute Gasteiger partial charge is 0.465 e. The van der Waals surface area contributed by atoms with Crippen molar-refractivity contribution < 1.29 is 19.1 Å². The SMILES string of the molecule is COC(=O)c1c(C)cc(C2CCN(C(=O)OC(C)(C)C)CC2)nc1C. The average Bonchev–Trinajstić information content (AvgIpc) is 2.52. The molecule has 1 aliphatic rings. The zero-order valence-electron chi connectivity index (χ0n) is 16.0. The number of likely N-dealkylation sites (tertiary alicyclic amines) is 1. The third kappa shape index (κ3) is 4.71. The molecule has 0 aromatic carbocycles. The number of pyridine rings is 1. The first-order valence-corrected chi connectivity index (χ1v) is 8.66. The maximum absolute atomic E-state index is 12.2. The zero-order chi connectivity index (χ0) is 18.8. The molecule has 0 spiro atoms. The van der Waals surface area contributed by atoms with E-state index in [2.05, 4.69) is 4.98 Å². The molecule has 6 heteroatoms. The minimum absolute atomic E-state index is 0.257. The summed E-state index contributed by atoms with van der Waals surface area (Å²) in [6, 6.07) is 1.97. The molecule has 0 bridgehead atoms. The first-order valence-electron chi connectivity index (χ1n) is 8.66. The Morgan fingerprint density at radius 3 is 2.28 bits per heavy atom. The lowest BCUT2D eigenvalue weighted by atomic mass is 9.91. The Morgan fingerprint density at radius 2 is 1.80 bits per heavy atom. The second kappa shape index (κ2) is 7.42. The van der Waals surface area contributed by atoms with Crippen molar-refractivity contribution in [2.75, 3.05) is 20.2 Å². The molecule has 0 atom stereocenters. The number of amides is 1. The zero-order valence-corrected chi connectivity index (χ0v) is 16.0. The Labute approximate surface area is 149 Å². The number of methoxy groups -OCH3 is 1. The van der Waals surface area contributed by atoms with Crippen molar-refractivity contribution in [1.82, 2.24) is 9.88 Å². The van der Waals surface area contributed by atoms with Crippen LogP contribution in [0.5, 0.6) is 0 Å². The molecule has 1 aliphatic heterocycles. The van der Waals surface area contributed by atoms with Gasteiger partial charge in [-0.25, -0.2) is 9.59 Å². The molecular weight excluding hydrogens is 320 g/mol. The Hall–Kier alpha value is -2.11. The lowest BCUT2D eigenvalue weighted by Crippen LogP contribution is -2.41. The monoisotopic (exact) mass is 348 g/mol. The second-order valence-corrected chi connectivity index (χ2v) is 7.56. The molecule has 1 saturated heterocycles. The molecule has 0 radical (unpaired) electrons. The van der Waals surface area contributed by atoms with E-state index >= 15 is 0 Å². The fourth-order valence-corrected chi connectivity index (χ4v) is 3.17. The van der Waals surface area contributed by atoms with Crippen molar-refractivity contribution in [3.8, 4) is 0 Å². The molecule has 0 aliphatic carbocycles. The van der Waals surface area contributed by atoms with Crippen LogP contribution >= 0.6 is 0 Å². The topological polar surface area (TPSA) is 68.7 Å². The molecule has 1 amide bonds. The number of carbonyl (C=O) groups is 2. The number of hydrogen-bond donors (Lipinski definition) is 0. The Bertz CT molecular complexity index is 633. The smallest absolute Gasteiger partial charge is 0.410 e. The number of esters is 1. The number of ether oxygens (including phenoxy) is 2. The van der Waals surface area contributed by atoms with Crippen molar-refractivity contribution >= 4 is 12.1 Å². The molecule has 1 fully saturated rings. The van der Waals surface area contributed by atoms with Gasteiger partial charge in [-0.05, 0) is 59.1 Å². The van der Waals surface area contributed by atoms with Gasteiger partial charge in [0.05, 0.1) is 18.4 Å². The van der Waals surface area contributed by atoms with Crippen molar-refractivity contribution in [3.63, 3.8) is 0 Å². The van der Waals surface area contributed by atoms with E-state index in [4.69, 9.17) is 9.47 Å². The van der Waals surface area contributed by atoms with Crippen LogP contribution < -0.4 is 0 Å². The molecule has 2 rings (SSSR count).